The second kappa shape index (κ2) is 9.45. The molecule has 0 amide bonds. The lowest BCUT2D eigenvalue weighted by atomic mass is 9.82. The minimum Gasteiger partial charge on any atom is -0.455 e. The summed E-state index contributed by atoms with van der Waals surface area (Å²) in [6.07, 6.45) is 2.49. The van der Waals surface area contributed by atoms with Crippen molar-refractivity contribution in [2.75, 3.05) is 0 Å². The number of nitrogens with zero attached hydrogens (tertiary/aromatic N) is 3. The zero-order valence-electron chi connectivity index (χ0n) is 28.9. The summed E-state index contributed by atoms with van der Waals surface area (Å²) < 4.78 is 14.7. The van der Waals surface area contributed by atoms with Crippen LogP contribution in [0.1, 0.15) is 37.5 Å². The van der Waals surface area contributed by atoms with Crippen LogP contribution in [0, 0.1) is 0 Å². The molecule has 2 aliphatic heterocycles. The number of aromatic nitrogens is 3. The number of benzene rings is 5. The molecule has 10 rings (SSSR count). The predicted molar refractivity (Wildman–Crippen MR) is 202 cm³/mol. The Morgan fingerprint density at radius 2 is 1.47 bits per heavy atom. The van der Waals surface area contributed by atoms with Crippen molar-refractivity contribution in [2.24, 2.45) is 0 Å². The van der Waals surface area contributed by atoms with Crippen LogP contribution >= 0.6 is 0 Å². The Bertz CT molecular complexity index is 2620. The van der Waals surface area contributed by atoms with Gasteiger partial charge in [-0.25, -0.2) is 0 Å². The van der Waals surface area contributed by atoms with E-state index in [1.165, 1.54) is 44.2 Å². The fourth-order valence-electron chi connectivity index (χ4n) is 8.57. The SMILES string of the molecule is CC(C)(C)c1ccc2c(c1)C1(c3ccc4c(oc5ccccc54)c3-c3n(-c4ccccc4)c4ccccc4[n+]31)[n+]1cc([Si](C)(C)C)ccc1-2. The van der Waals surface area contributed by atoms with E-state index in [9.17, 15) is 0 Å². The van der Waals surface area contributed by atoms with Gasteiger partial charge in [-0.1, -0.05) is 101 Å². The largest absolute Gasteiger partial charge is 0.455 e. The molecule has 0 N–H and O–H groups in total. The summed E-state index contributed by atoms with van der Waals surface area (Å²) in [6, 6.07) is 44.9. The Kier molecular flexibility index (Phi) is 5.54. The van der Waals surface area contributed by atoms with E-state index in [1.807, 2.05) is 0 Å². The molecule has 1 unspecified atom stereocenters. The molecule has 0 saturated heterocycles. The first kappa shape index (κ1) is 28.7. The first-order valence-electron chi connectivity index (χ1n) is 17.4. The molecule has 0 fully saturated rings. The maximum absolute atomic E-state index is 6.94. The monoisotopic (exact) mass is 653 g/mol. The maximum atomic E-state index is 6.94. The minimum atomic E-state index is -1.69. The molecule has 0 radical (unpaired) electrons. The van der Waals surface area contributed by atoms with Gasteiger partial charge in [0, 0.05) is 22.0 Å². The third kappa shape index (κ3) is 3.63. The average molecular weight is 654 g/mol. The average Bonchev–Trinajstić information content (AvgIpc) is 3.80. The summed E-state index contributed by atoms with van der Waals surface area (Å²) in [4.78, 5) is 0. The van der Waals surface area contributed by atoms with E-state index in [0.29, 0.717) is 0 Å². The first-order valence-corrected chi connectivity index (χ1v) is 20.9. The van der Waals surface area contributed by atoms with E-state index < -0.39 is 13.7 Å². The van der Waals surface area contributed by atoms with Crippen molar-refractivity contribution in [3.8, 4) is 28.3 Å². The third-order valence-corrected chi connectivity index (χ3v) is 13.0. The standard InChI is InChI=1S/C44H39N3OSi/c1-43(2,3)28-20-22-33-35(26-28)44(45-27-30(49(4,5)6)21-25-36(33)45)34-24-23-32-31-16-10-13-19-39(31)48-41(32)40(34)42-46(29-14-8-7-9-15-29)37-17-11-12-18-38(37)47(42)44/h7-27H,1-6H3/q+2. The zero-order chi connectivity index (χ0) is 33.4. The van der Waals surface area contributed by atoms with Gasteiger partial charge in [-0.2, -0.15) is 4.57 Å². The van der Waals surface area contributed by atoms with Crippen molar-refractivity contribution in [1.82, 2.24) is 4.57 Å². The highest BCUT2D eigenvalue weighted by Gasteiger charge is 2.67. The molecule has 1 atom stereocenters. The van der Waals surface area contributed by atoms with Crippen LogP contribution < -0.4 is 14.3 Å². The summed E-state index contributed by atoms with van der Waals surface area (Å²) in [5.74, 6) is 1.14. The number of hydrogen-bond acceptors (Lipinski definition) is 1. The summed E-state index contributed by atoms with van der Waals surface area (Å²) in [6.45, 7) is 14.3. The lowest BCUT2D eigenvalue weighted by Crippen LogP contribution is -2.72. The normalized spacial score (nSPS) is 16.4. The Morgan fingerprint density at radius 1 is 0.714 bits per heavy atom. The van der Waals surface area contributed by atoms with Crippen molar-refractivity contribution in [3.05, 3.63) is 144 Å². The second-order valence-corrected chi connectivity index (χ2v) is 21.0. The van der Waals surface area contributed by atoms with Gasteiger partial charge in [0.05, 0.1) is 24.8 Å². The van der Waals surface area contributed by atoms with Crippen molar-refractivity contribution in [3.63, 3.8) is 0 Å². The Hall–Kier alpha value is -5.26. The van der Waals surface area contributed by atoms with Crippen molar-refractivity contribution in [1.29, 1.82) is 0 Å². The van der Waals surface area contributed by atoms with Gasteiger partial charge in [0.2, 0.25) is 5.69 Å². The van der Waals surface area contributed by atoms with Gasteiger partial charge in [-0.3, -0.25) is 0 Å². The predicted octanol–water partition coefficient (Wildman–Crippen LogP) is 9.21. The van der Waals surface area contributed by atoms with Gasteiger partial charge >= 0.3 is 11.5 Å². The summed E-state index contributed by atoms with van der Waals surface area (Å²) in [7, 11) is -1.69. The molecular formula is C44H39N3OSi+2. The number of hydrogen-bond donors (Lipinski definition) is 0. The maximum Gasteiger partial charge on any atom is 0.364 e. The highest BCUT2D eigenvalue weighted by molar-refractivity contribution is 6.88. The third-order valence-electron chi connectivity index (χ3n) is 11.0. The molecule has 5 heteroatoms. The molecule has 0 aliphatic carbocycles. The molecule has 0 saturated carbocycles. The van der Waals surface area contributed by atoms with Gasteiger partial charge in [0.25, 0.3) is 0 Å². The van der Waals surface area contributed by atoms with Gasteiger partial charge in [-0.05, 0) is 65.6 Å². The molecule has 1 spiro atoms. The van der Waals surface area contributed by atoms with Crippen LogP contribution in [0.2, 0.25) is 19.6 Å². The van der Waals surface area contributed by atoms with Crippen LogP contribution in [0.25, 0.3) is 61.3 Å². The number of fused-ring (bicyclic) bond motifs is 16. The topological polar surface area (TPSA) is 25.8 Å². The van der Waals surface area contributed by atoms with E-state index in [4.69, 9.17) is 4.42 Å². The molecule has 2 aliphatic rings. The van der Waals surface area contributed by atoms with Crippen LogP contribution in [0.15, 0.2) is 132 Å². The molecule has 5 heterocycles. The molecule has 5 aromatic carbocycles. The molecule has 238 valence electrons. The highest BCUT2D eigenvalue weighted by atomic mass is 28.3. The minimum absolute atomic E-state index is 0.0190. The Balaban J connectivity index is 1.48. The number of para-hydroxylation sites is 4. The number of imidazole rings is 1. The smallest absolute Gasteiger partial charge is 0.364 e. The van der Waals surface area contributed by atoms with Crippen molar-refractivity contribution < 1.29 is 13.6 Å². The number of pyridine rings is 1. The van der Waals surface area contributed by atoms with Gasteiger partial charge in [-0.15, -0.1) is 9.13 Å². The van der Waals surface area contributed by atoms with Crippen LogP contribution in [0.4, 0.5) is 0 Å². The van der Waals surface area contributed by atoms with E-state index in [-0.39, 0.29) is 5.41 Å². The Labute approximate surface area is 287 Å². The van der Waals surface area contributed by atoms with Crippen LogP contribution in [0.3, 0.4) is 0 Å². The first-order chi connectivity index (χ1) is 23.6. The molecule has 4 nitrogen and oxygen atoms in total. The molecule has 8 aromatic rings. The summed E-state index contributed by atoms with van der Waals surface area (Å²) in [5.41, 5.74) is 12.2. The zero-order valence-corrected chi connectivity index (χ0v) is 29.9. The van der Waals surface area contributed by atoms with E-state index in [0.717, 1.165) is 39.0 Å². The van der Waals surface area contributed by atoms with Crippen LogP contribution in [0.5, 0.6) is 0 Å². The van der Waals surface area contributed by atoms with Gasteiger partial charge in [0.1, 0.15) is 16.8 Å². The molecule has 0 bridgehead atoms. The van der Waals surface area contributed by atoms with Gasteiger partial charge < -0.3 is 4.42 Å². The quantitative estimate of drug-likeness (QED) is 0.135. The summed E-state index contributed by atoms with van der Waals surface area (Å²) >= 11 is 0. The van der Waals surface area contributed by atoms with Crippen LogP contribution in [-0.2, 0) is 11.1 Å². The lowest BCUT2D eigenvalue weighted by Gasteiger charge is -2.24. The van der Waals surface area contributed by atoms with Crippen molar-refractivity contribution >= 4 is 46.2 Å². The number of rotatable bonds is 2. The molecule has 49 heavy (non-hydrogen) atoms. The fraction of sp³-hybridized carbons (Fsp3) is 0.182. The van der Waals surface area contributed by atoms with Crippen LogP contribution in [-0.4, -0.2) is 12.6 Å². The van der Waals surface area contributed by atoms with E-state index in [2.05, 4.69) is 182 Å². The fourth-order valence-corrected chi connectivity index (χ4v) is 9.67. The second-order valence-electron chi connectivity index (χ2n) is 15.9. The molecular weight excluding hydrogens is 615 g/mol. The van der Waals surface area contributed by atoms with Crippen molar-refractivity contribution in [2.45, 2.75) is 51.5 Å². The summed E-state index contributed by atoms with van der Waals surface area (Å²) in [5, 5.41) is 3.73. The van der Waals surface area contributed by atoms with Gasteiger partial charge in [0.15, 0.2) is 22.8 Å². The van der Waals surface area contributed by atoms with E-state index in [1.54, 1.807) is 0 Å². The molecule has 3 aromatic heterocycles. The number of furan rings is 1. The highest BCUT2D eigenvalue weighted by Crippen LogP contribution is 2.52. The Morgan fingerprint density at radius 3 is 2.27 bits per heavy atom. The lowest BCUT2D eigenvalue weighted by molar-refractivity contribution is -0.944. The van der Waals surface area contributed by atoms with E-state index >= 15 is 0 Å².